The van der Waals surface area contributed by atoms with Crippen LogP contribution in [0.15, 0.2) is 48.5 Å². The molecule has 0 saturated heterocycles. The minimum Gasteiger partial charge on any atom is -0.490 e. The van der Waals surface area contributed by atoms with E-state index in [9.17, 15) is 9.59 Å². The van der Waals surface area contributed by atoms with Crippen molar-refractivity contribution >= 4 is 23.2 Å². The topological polar surface area (TPSA) is 114 Å². The summed E-state index contributed by atoms with van der Waals surface area (Å²) < 4.78 is 39.2. The molecule has 0 radical (unpaired) electrons. The highest BCUT2D eigenvalue weighted by Gasteiger charge is 2.23. The molecule has 0 heterocycles. The Bertz CT molecular complexity index is 1750. The van der Waals surface area contributed by atoms with Crippen LogP contribution in [-0.4, -0.2) is 51.5 Å². The molecule has 0 bridgehead atoms. The highest BCUT2D eigenvalue weighted by Crippen LogP contribution is 2.42. The molecular formula is C68H112N2O8. The standard InChI is InChI=1S/C68H112N2O8/c1-7-13-19-25-31-39-47-73-61-53-57(54-62(74-48-40-32-26-20-14-8-2)65(61)77-51-43-35-29-23-17-11-5)67(71)69-59-45-37-38-46-60(59)70-68(72)58-55-63(75-49-41-33-27-21-15-9-3)66(78-52-44-36-30-24-18-12-6)64(56-58)76-50-42-34-28-22-16-10-4/h37-38,45-46,53-56H,7-36,39-44,47-52H2,1-6H3,(H,69,71)(H,70,72). The number of nitrogens with one attached hydrogen (secondary N) is 2. The van der Waals surface area contributed by atoms with Crippen LogP contribution in [0, 0.1) is 0 Å². The van der Waals surface area contributed by atoms with Gasteiger partial charge < -0.3 is 39.1 Å². The van der Waals surface area contributed by atoms with Crippen LogP contribution in [0.3, 0.4) is 0 Å². The third-order valence-electron chi connectivity index (χ3n) is 14.5. The highest BCUT2D eigenvalue weighted by atomic mass is 16.5. The Labute approximate surface area is 476 Å². The van der Waals surface area contributed by atoms with Gasteiger partial charge in [-0.1, -0.05) is 246 Å². The van der Waals surface area contributed by atoms with E-state index in [0.29, 0.717) is 96.6 Å². The minimum atomic E-state index is -0.351. The van der Waals surface area contributed by atoms with Crippen LogP contribution < -0.4 is 39.1 Å². The summed E-state index contributed by atoms with van der Waals surface area (Å²) in [4.78, 5) is 29.1. The molecular weight excluding hydrogens is 973 g/mol. The molecule has 10 heteroatoms. The van der Waals surface area contributed by atoms with Gasteiger partial charge in [-0.25, -0.2) is 0 Å². The fourth-order valence-corrected chi connectivity index (χ4v) is 9.59. The van der Waals surface area contributed by atoms with Crippen molar-refractivity contribution in [3.8, 4) is 34.5 Å². The SMILES string of the molecule is CCCCCCCCOc1cc(C(=O)Nc2ccccc2NC(=O)c2cc(OCCCCCCCC)c(OCCCCCCCC)c(OCCCCCCCC)c2)cc(OCCCCCCCC)c1OCCCCCCCC. The first-order valence-corrected chi connectivity index (χ1v) is 32.2. The summed E-state index contributed by atoms with van der Waals surface area (Å²) in [5, 5.41) is 6.27. The van der Waals surface area contributed by atoms with Crippen LogP contribution in [0.1, 0.15) is 293 Å². The third-order valence-corrected chi connectivity index (χ3v) is 14.5. The van der Waals surface area contributed by atoms with Crippen LogP contribution in [0.4, 0.5) is 11.4 Å². The van der Waals surface area contributed by atoms with Gasteiger partial charge in [0.25, 0.3) is 11.8 Å². The van der Waals surface area contributed by atoms with Crippen molar-refractivity contribution in [3.63, 3.8) is 0 Å². The molecule has 78 heavy (non-hydrogen) atoms. The molecule has 0 unspecified atom stereocenters. The number of ether oxygens (including phenoxy) is 6. The molecule has 0 aliphatic heterocycles. The van der Waals surface area contributed by atoms with Crippen LogP contribution in [0.25, 0.3) is 0 Å². The van der Waals surface area contributed by atoms with Crippen molar-refractivity contribution in [3.05, 3.63) is 59.7 Å². The molecule has 0 aliphatic carbocycles. The summed E-state index contributed by atoms with van der Waals surface area (Å²) in [5.74, 6) is 2.50. The van der Waals surface area contributed by atoms with Gasteiger partial charge in [0.1, 0.15) is 0 Å². The average Bonchev–Trinajstić information content (AvgIpc) is 3.45. The Kier molecular flexibility index (Phi) is 40.1. The van der Waals surface area contributed by atoms with E-state index < -0.39 is 0 Å². The first-order chi connectivity index (χ1) is 38.4. The van der Waals surface area contributed by atoms with E-state index in [1.807, 2.05) is 12.1 Å². The van der Waals surface area contributed by atoms with Gasteiger partial charge in [0, 0.05) is 11.1 Å². The number of amides is 2. The molecule has 3 rings (SSSR count). The van der Waals surface area contributed by atoms with E-state index in [2.05, 4.69) is 52.2 Å². The summed E-state index contributed by atoms with van der Waals surface area (Å²) >= 11 is 0. The van der Waals surface area contributed by atoms with Crippen LogP contribution in [0.5, 0.6) is 34.5 Å². The number of hydrogen-bond acceptors (Lipinski definition) is 8. The number of hydrogen-bond donors (Lipinski definition) is 2. The summed E-state index contributed by atoms with van der Waals surface area (Å²) in [7, 11) is 0. The first kappa shape index (κ1) is 67.7. The third kappa shape index (κ3) is 30.1. The molecule has 0 atom stereocenters. The number of para-hydroxylation sites is 2. The number of carbonyl (C=O) groups is 2. The van der Waals surface area contributed by atoms with Gasteiger partial charge >= 0.3 is 0 Å². The van der Waals surface area contributed by atoms with Crippen molar-refractivity contribution in [1.82, 2.24) is 0 Å². The lowest BCUT2D eigenvalue weighted by molar-refractivity contribution is 0.101. The lowest BCUT2D eigenvalue weighted by Crippen LogP contribution is -2.18. The molecule has 2 N–H and O–H groups in total. The number of rotatable bonds is 52. The van der Waals surface area contributed by atoms with E-state index in [4.69, 9.17) is 28.4 Å². The largest absolute Gasteiger partial charge is 0.490 e. The maximum absolute atomic E-state index is 14.6. The van der Waals surface area contributed by atoms with Gasteiger partial charge in [0.15, 0.2) is 23.0 Å². The molecule has 10 nitrogen and oxygen atoms in total. The maximum atomic E-state index is 14.6. The fourth-order valence-electron chi connectivity index (χ4n) is 9.59. The van der Waals surface area contributed by atoms with E-state index in [1.165, 1.54) is 154 Å². The number of unbranched alkanes of at least 4 members (excludes halogenated alkanes) is 30. The predicted octanol–water partition coefficient (Wildman–Crippen LogP) is 20.6. The monoisotopic (exact) mass is 1080 g/mol. The number of anilines is 2. The summed E-state index contributed by atoms with van der Waals surface area (Å²) in [6.45, 7) is 16.6. The minimum absolute atomic E-state index is 0.351. The summed E-state index contributed by atoms with van der Waals surface area (Å²) in [5.41, 5.74) is 1.69. The molecule has 0 aliphatic rings. The second-order valence-electron chi connectivity index (χ2n) is 21.8. The molecule has 0 aromatic heterocycles. The summed E-state index contributed by atoms with van der Waals surface area (Å²) in [6.07, 6.45) is 41.2. The van der Waals surface area contributed by atoms with Gasteiger partial charge in [-0.3, -0.25) is 9.59 Å². The van der Waals surface area contributed by atoms with Gasteiger partial charge in [0.2, 0.25) is 11.5 Å². The maximum Gasteiger partial charge on any atom is 0.255 e. The normalized spacial score (nSPS) is 11.2. The van der Waals surface area contributed by atoms with Crippen LogP contribution in [-0.2, 0) is 0 Å². The Morgan fingerprint density at radius 1 is 0.295 bits per heavy atom. The predicted molar refractivity (Wildman–Crippen MR) is 328 cm³/mol. The number of benzene rings is 3. The van der Waals surface area contributed by atoms with E-state index >= 15 is 0 Å². The van der Waals surface area contributed by atoms with Gasteiger partial charge in [0.05, 0.1) is 51.0 Å². The molecule has 3 aromatic carbocycles. The molecule has 2 amide bonds. The molecule has 0 spiro atoms. The Hall–Kier alpha value is -4.60. The fraction of sp³-hybridized carbons (Fsp3) is 0.706. The van der Waals surface area contributed by atoms with Crippen LogP contribution in [0.2, 0.25) is 0 Å². The van der Waals surface area contributed by atoms with Crippen molar-refractivity contribution < 1.29 is 38.0 Å². The van der Waals surface area contributed by atoms with Gasteiger partial charge in [-0.2, -0.15) is 0 Å². The summed E-state index contributed by atoms with van der Waals surface area (Å²) in [6, 6.07) is 14.5. The van der Waals surface area contributed by atoms with E-state index in [0.717, 1.165) is 77.0 Å². The lowest BCUT2D eigenvalue weighted by atomic mass is 10.1. The molecule has 3 aromatic rings. The Morgan fingerprint density at radius 2 is 0.500 bits per heavy atom. The van der Waals surface area contributed by atoms with Gasteiger partial charge in [-0.15, -0.1) is 0 Å². The van der Waals surface area contributed by atoms with Crippen molar-refractivity contribution in [1.29, 1.82) is 0 Å². The van der Waals surface area contributed by atoms with Crippen molar-refractivity contribution in [2.45, 2.75) is 273 Å². The van der Waals surface area contributed by atoms with Gasteiger partial charge in [-0.05, 0) is 74.9 Å². The quantitative estimate of drug-likeness (QED) is 0.0538. The second kappa shape index (κ2) is 46.2. The highest BCUT2D eigenvalue weighted by molar-refractivity contribution is 6.10. The van der Waals surface area contributed by atoms with Crippen LogP contribution >= 0.6 is 0 Å². The number of carbonyl (C=O) groups excluding carboxylic acids is 2. The molecule has 442 valence electrons. The van der Waals surface area contributed by atoms with E-state index in [1.54, 1.807) is 36.4 Å². The molecule has 0 fully saturated rings. The second-order valence-corrected chi connectivity index (χ2v) is 21.8. The zero-order chi connectivity index (χ0) is 55.9. The van der Waals surface area contributed by atoms with Crippen molar-refractivity contribution in [2.75, 3.05) is 50.3 Å². The smallest absolute Gasteiger partial charge is 0.255 e. The zero-order valence-electron chi connectivity index (χ0n) is 50.6. The Balaban J connectivity index is 1.96. The first-order valence-electron chi connectivity index (χ1n) is 32.2. The molecule has 0 saturated carbocycles. The van der Waals surface area contributed by atoms with E-state index in [-0.39, 0.29) is 11.8 Å². The Morgan fingerprint density at radius 3 is 0.731 bits per heavy atom. The lowest BCUT2D eigenvalue weighted by Gasteiger charge is -2.20. The van der Waals surface area contributed by atoms with Crippen molar-refractivity contribution in [2.24, 2.45) is 0 Å². The average molecular weight is 1090 g/mol. The zero-order valence-corrected chi connectivity index (χ0v) is 50.6.